The van der Waals surface area contributed by atoms with Crippen molar-refractivity contribution in [3.63, 3.8) is 0 Å². The van der Waals surface area contributed by atoms with Crippen molar-refractivity contribution < 1.29 is 9.90 Å². The molecule has 2 heterocycles. The molecule has 21 heavy (non-hydrogen) atoms. The summed E-state index contributed by atoms with van der Waals surface area (Å²) < 4.78 is 2.13. The van der Waals surface area contributed by atoms with E-state index in [0.29, 0.717) is 19.5 Å². The van der Waals surface area contributed by atoms with Gasteiger partial charge < -0.3 is 19.5 Å². The number of aliphatic hydroxyl groups excluding tert-OH is 1. The van der Waals surface area contributed by atoms with E-state index in [1.54, 1.807) is 17.2 Å². The number of aliphatic hydroxyl groups is 1. The van der Waals surface area contributed by atoms with Gasteiger partial charge in [-0.1, -0.05) is 0 Å². The highest BCUT2D eigenvalue weighted by molar-refractivity contribution is 9.10. The molecule has 1 aromatic rings. The number of rotatable bonds is 4. The maximum Gasteiger partial charge on any atom is 0.251 e. The van der Waals surface area contributed by atoms with E-state index in [0.717, 1.165) is 4.47 Å². The Morgan fingerprint density at radius 2 is 2.19 bits per heavy atom. The van der Waals surface area contributed by atoms with Gasteiger partial charge in [-0.25, -0.2) is 0 Å². The molecular formula is C14H20BrN3O3. The monoisotopic (exact) mass is 357 g/mol. The lowest BCUT2D eigenvalue weighted by Crippen LogP contribution is -2.43. The lowest BCUT2D eigenvalue weighted by molar-refractivity contribution is -0.133. The molecular weight excluding hydrogens is 338 g/mol. The van der Waals surface area contributed by atoms with E-state index in [1.165, 1.54) is 10.6 Å². The lowest BCUT2D eigenvalue weighted by atomic mass is 10.2. The summed E-state index contributed by atoms with van der Waals surface area (Å²) in [5.74, 6) is -0.140. The van der Waals surface area contributed by atoms with Gasteiger partial charge in [-0.3, -0.25) is 9.59 Å². The topological polar surface area (TPSA) is 65.8 Å². The lowest BCUT2D eigenvalue weighted by Gasteiger charge is -2.27. The second kappa shape index (κ2) is 6.72. The molecule has 116 valence electrons. The summed E-state index contributed by atoms with van der Waals surface area (Å²) in [6, 6.07) is 3.07. The summed E-state index contributed by atoms with van der Waals surface area (Å²) in [5, 5.41) is 9.81. The van der Waals surface area contributed by atoms with Gasteiger partial charge >= 0.3 is 0 Å². The zero-order valence-electron chi connectivity index (χ0n) is 12.2. The molecule has 1 amide bonds. The number of hydrogen-bond acceptors (Lipinski definition) is 4. The van der Waals surface area contributed by atoms with Crippen LogP contribution in [-0.2, 0) is 11.3 Å². The molecule has 1 N–H and O–H groups in total. The molecule has 1 aliphatic rings. The summed E-state index contributed by atoms with van der Waals surface area (Å²) in [6.45, 7) is 1.03. The first kappa shape index (κ1) is 16.2. The largest absolute Gasteiger partial charge is 0.391 e. The number of nitrogens with zero attached hydrogens (tertiary/aromatic N) is 3. The van der Waals surface area contributed by atoms with Gasteiger partial charge in [-0.2, -0.15) is 0 Å². The Kier molecular flexibility index (Phi) is 5.18. The molecule has 1 saturated heterocycles. The average Bonchev–Trinajstić information content (AvgIpc) is 2.74. The highest BCUT2D eigenvalue weighted by atomic mass is 79.9. The first-order valence-corrected chi connectivity index (χ1v) is 7.64. The number of hydrogen-bond donors (Lipinski definition) is 1. The van der Waals surface area contributed by atoms with Crippen LogP contribution in [0.2, 0.25) is 0 Å². The maximum atomic E-state index is 12.4. The summed E-state index contributed by atoms with van der Waals surface area (Å²) in [7, 11) is 3.87. The minimum Gasteiger partial charge on any atom is -0.391 e. The molecule has 1 fully saturated rings. The Morgan fingerprint density at radius 1 is 1.48 bits per heavy atom. The van der Waals surface area contributed by atoms with Crippen molar-refractivity contribution in [1.29, 1.82) is 0 Å². The Bertz CT molecular complexity index is 573. The molecule has 0 radical (unpaired) electrons. The molecule has 1 aromatic heterocycles. The van der Waals surface area contributed by atoms with Gasteiger partial charge in [0.2, 0.25) is 5.91 Å². The van der Waals surface area contributed by atoms with E-state index in [4.69, 9.17) is 0 Å². The standard InChI is InChI=1S/C14H20BrN3O3/c1-16(2)7-11-5-12(19)8-18(11)14(21)9-17-6-10(15)3-4-13(17)20/h3-4,6,11-12,19H,5,7-9H2,1-2H3. The highest BCUT2D eigenvalue weighted by Crippen LogP contribution is 2.19. The molecule has 2 rings (SSSR count). The van der Waals surface area contributed by atoms with Crippen molar-refractivity contribution in [1.82, 2.24) is 14.4 Å². The summed E-state index contributed by atoms with van der Waals surface area (Å²) in [6.07, 6.45) is 1.70. The molecule has 6 nitrogen and oxygen atoms in total. The Hall–Kier alpha value is -1.18. The SMILES string of the molecule is CN(C)CC1CC(O)CN1C(=O)Cn1cc(Br)ccc1=O. The molecule has 0 saturated carbocycles. The van der Waals surface area contributed by atoms with Crippen molar-refractivity contribution in [3.8, 4) is 0 Å². The minimum atomic E-state index is -0.488. The third-order valence-electron chi connectivity index (χ3n) is 3.54. The minimum absolute atomic E-state index is 0.00504. The van der Waals surface area contributed by atoms with Crippen molar-refractivity contribution in [2.45, 2.75) is 25.1 Å². The highest BCUT2D eigenvalue weighted by Gasteiger charge is 2.34. The molecule has 0 aliphatic carbocycles. The maximum absolute atomic E-state index is 12.4. The Labute approximate surface area is 132 Å². The van der Waals surface area contributed by atoms with Crippen LogP contribution in [0.15, 0.2) is 27.6 Å². The van der Waals surface area contributed by atoms with Crippen LogP contribution in [0.1, 0.15) is 6.42 Å². The fourth-order valence-electron chi connectivity index (χ4n) is 2.65. The van der Waals surface area contributed by atoms with Gasteiger partial charge in [0, 0.05) is 35.9 Å². The number of halogens is 1. The number of carbonyl (C=O) groups excluding carboxylic acids is 1. The normalized spacial score (nSPS) is 22.0. The van der Waals surface area contributed by atoms with Gasteiger partial charge in [0.1, 0.15) is 6.54 Å². The van der Waals surface area contributed by atoms with Crippen LogP contribution in [0.4, 0.5) is 0 Å². The van der Waals surface area contributed by atoms with Crippen molar-refractivity contribution >= 4 is 21.8 Å². The van der Waals surface area contributed by atoms with Gasteiger partial charge in [-0.15, -0.1) is 0 Å². The number of likely N-dealkylation sites (tertiary alicyclic amines) is 1. The molecule has 7 heteroatoms. The molecule has 1 aliphatic heterocycles. The molecule has 2 atom stereocenters. The number of carbonyl (C=O) groups is 1. The molecule has 2 unspecified atom stereocenters. The second-order valence-electron chi connectivity index (χ2n) is 5.67. The van der Waals surface area contributed by atoms with Crippen molar-refractivity contribution in [2.24, 2.45) is 0 Å². The fourth-order valence-corrected chi connectivity index (χ4v) is 3.03. The van der Waals surface area contributed by atoms with E-state index < -0.39 is 6.10 Å². The molecule has 0 spiro atoms. The van der Waals surface area contributed by atoms with Crippen LogP contribution in [0.3, 0.4) is 0 Å². The quantitative estimate of drug-likeness (QED) is 0.831. The number of amides is 1. The molecule has 0 aromatic carbocycles. The van der Waals surface area contributed by atoms with E-state index >= 15 is 0 Å². The smallest absolute Gasteiger partial charge is 0.251 e. The third kappa shape index (κ3) is 4.15. The molecule has 0 bridgehead atoms. The fraction of sp³-hybridized carbons (Fsp3) is 0.571. The number of aromatic nitrogens is 1. The van der Waals surface area contributed by atoms with E-state index in [9.17, 15) is 14.7 Å². The predicted octanol–water partition coefficient (Wildman–Crippen LogP) is 0.134. The Balaban J connectivity index is 2.11. The average molecular weight is 358 g/mol. The van der Waals surface area contributed by atoms with E-state index in [2.05, 4.69) is 15.9 Å². The predicted molar refractivity (Wildman–Crippen MR) is 83.1 cm³/mol. The van der Waals surface area contributed by atoms with Crippen LogP contribution in [0, 0.1) is 0 Å². The number of β-amino-alcohol motifs (C(OH)–C–C–N with tert-alkyl or cyclic N) is 1. The second-order valence-corrected chi connectivity index (χ2v) is 6.58. The van der Waals surface area contributed by atoms with E-state index in [1.807, 2.05) is 19.0 Å². The summed E-state index contributed by atoms with van der Waals surface area (Å²) in [4.78, 5) is 27.9. The first-order valence-electron chi connectivity index (χ1n) is 6.85. The van der Waals surface area contributed by atoms with Gasteiger partial charge in [-0.05, 0) is 42.5 Å². The van der Waals surface area contributed by atoms with Crippen LogP contribution in [0.5, 0.6) is 0 Å². The van der Waals surface area contributed by atoms with Crippen LogP contribution < -0.4 is 5.56 Å². The van der Waals surface area contributed by atoms with Crippen LogP contribution in [-0.4, -0.2) is 64.7 Å². The summed E-state index contributed by atoms with van der Waals surface area (Å²) >= 11 is 3.29. The first-order chi connectivity index (χ1) is 9.86. The van der Waals surface area contributed by atoms with Crippen molar-refractivity contribution in [3.05, 3.63) is 33.2 Å². The van der Waals surface area contributed by atoms with Gasteiger partial charge in [0.05, 0.1) is 6.10 Å². The zero-order chi connectivity index (χ0) is 15.6. The zero-order valence-corrected chi connectivity index (χ0v) is 13.8. The van der Waals surface area contributed by atoms with Gasteiger partial charge in [0.25, 0.3) is 5.56 Å². The number of pyridine rings is 1. The van der Waals surface area contributed by atoms with Crippen LogP contribution >= 0.6 is 15.9 Å². The van der Waals surface area contributed by atoms with E-state index in [-0.39, 0.29) is 24.1 Å². The van der Waals surface area contributed by atoms with Crippen LogP contribution in [0.25, 0.3) is 0 Å². The third-order valence-corrected chi connectivity index (χ3v) is 4.01. The van der Waals surface area contributed by atoms with Crippen molar-refractivity contribution in [2.75, 3.05) is 27.2 Å². The van der Waals surface area contributed by atoms with Gasteiger partial charge in [0.15, 0.2) is 0 Å². The Morgan fingerprint density at radius 3 is 2.86 bits per heavy atom. The summed E-state index contributed by atoms with van der Waals surface area (Å²) in [5.41, 5.74) is -0.213. The number of likely N-dealkylation sites (N-methyl/N-ethyl adjacent to an activating group) is 1.